The molecule has 7 aliphatic rings. The summed E-state index contributed by atoms with van der Waals surface area (Å²) in [4.78, 5) is 5.75. The molecule has 1 aromatic heterocycles. The number of hydrogen-bond acceptors (Lipinski definition) is 3. The second-order valence-corrected chi connectivity index (χ2v) is 25.7. The molecule has 1 saturated carbocycles. The van der Waals surface area contributed by atoms with Crippen molar-refractivity contribution in [3.05, 3.63) is 123 Å². The Labute approximate surface area is 375 Å². The van der Waals surface area contributed by atoms with Crippen molar-refractivity contribution in [2.75, 3.05) is 4.90 Å². The number of hydrogen-bond donors (Lipinski definition) is 0. The van der Waals surface area contributed by atoms with Crippen molar-refractivity contribution in [1.29, 1.82) is 0 Å². The van der Waals surface area contributed by atoms with Crippen molar-refractivity contribution >= 4 is 34.7 Å². The van der Waals surface area contributed by atoms with E-state index in [-0.39, 0.29) is 51.3 Å². The fourth-order valence-corrected chi connectivity index (χ4v) is 13.4. The molecule has 3 aromatic rings. The summed E-state index contributed by atoms with van der Waals surface area (Å²) in [5.74, 6) is 0.830. The van der Waals surface area contributed by atoms with Gasteiger partial charge in [-0.1, -0.05) is 156 Å². The highest BCUT2D eigenvalue weighted by molar-refractivity contribution is 6.88. The molecule has 2 aromatic carbocycles. The van der Waals surface area contributed by atoms with Crippen LogP contribution in [0.15, 0.2) is 116 Å². The second-order valence-electron chi connectivity index (χ2n) is 25.7. The Kier molecular flexibility index (Phi) is 9.04. The average Bonchev–Trinajstić information content (AvgIpc) is 3.55. The van der Waals surface area contributed by atoms with E-state index < -0.39 is 0 Å². The van der Waals surface area contributed by atoms with Gasteiger partial charge in [0, 0.05) is 28.4 Å². The van der Waals surface area contributed by atoms with Gasteiger partial charge in [-0.25, -0.2) is 0 Å². The smallest absolute Gasteiger partial charge is 0.292 e. The molecule has 1 fully saturated rings. The largest absolute Gasteiger partial charge is 0.468 e. The summed E-state index contributed by atoms with van der Waals surface area (Å²) >= 11 is 0. The van der Waals surface area contributed by atoms with E-state index >= 15 is 0 Å². The van der Waals surface area contributed by atoms with Crippen LogP contribution in [0.3, 0.4) is 0 Å². The highest BCUT2D eigenvalue weighted by Gasteiger charge is 2.59. The maximum Gasteiger partial charge on any atom is 0.292 e. The van der Waals surface area contributed by atoms with E-state index in [4.69, 9.17) is 4.42 Å². The Hall–Kier alpha value is -3.92. The highest BCUT2D eigenvalue weighted by Crippen LogP contribution is 2.63. The van der Waals surface area contributed by atoms with Crippen LogP contribution >= 0.6 is 0 Å². The van der Waals surface area contributed by atoms with Crippen molar-refractivity contribution < 1.29 is 4.42 Å². The number of rotatable bonds is 2. The molecule has 4 heteroatoms. The molecular formula is C58H75BN2O. The van der Waals surface area contributed by atoms with Gasteiger partial charge in [0.05, 0.1) is 23.4 Å². The second kappa shape index (κ2) is 13.3. The zero-order chi connectivity index (χ0) is 44.4. The van der Waals surface area contributed by atoms with Gasteiger partial charge in [0.25, 0.3) is 6.71 Å². The predicted octanol–water partition coefficient (Wildman–Crippen LogP) is 15.0. The van der Waals surface area contributed by atoms with Gasteiger partial charge in [0.15, 0.2) is 0 Å². The molecule has 62 heavy (non-hydrogen) atoms. The van der Waals surface area contributed by atoms with Crippen LogP contribution in [-0.2, 0) is 5.41 Å². The number of allylic oxidation sites excluding steroid dienone is 7. The van der Waals surface area contributed by atoms with E-state index in [2.05, 4.69) is 187 Å². The Morgan fingerprint density at radius 2 is 1.39 bits per heavy atom. The Bertz CT molecular complexity index is 2600. The molecule has 0 radical (unpaired) electrons. The van der Waals surface area contributed by atoms with Crippen molar-refractivity contribution in [3.8, 4) is 0 Å². The average molecular weight is 827 g/mol. The van der Waals surface area contributed by atoms with Crippen LogP contribution in [0.1, 0.15) is 154 Å². The van der Waals surface area contributed by atoms with Crippen LogP contribution < -0.4 is 10.6 Å². The summed E-state index contributed by atoms with van der Waals surface area (Å²) in [6.45, 7) is 39.5. The van der Waals surface area contributed by atoms with Crippen LogP contribution in [0, 0.1) is 45.8 Å². The molecule has 0 spiro atoms. The Morgan fingerprint density at radius 3 is 2.06 bits per heavy atom. The van der Waals surface area contributed by atoms with Crippen LogP contribution in [0.25, 0.3) is 11.0 Å². The Morgan fingerprint density at radius 1 is 0.710 bits per heavy atom. The van der Waals surface area contributed by atoms with Crippen molar-refractivity contribution in [1.82, 2.24) is 4.90 Å². The monoisotopic (exact) mass is 827 g/mol. The molecule has 3 nitrogen and oxygen atoms in total. The third-order valence-corrected chi connectivity index (χ3v) is 17.6. The number of fused-ring (bicyclic) bond motifs is 7. The molecule has 3 heterocycles. The molecule has 0 amide bonds. The third kappa shape index (κ3) is 6.17. The van der Waals surface area contributed by atoms with Gasteiger partial charge in [-0.05, 0) is 143 Å². The van der Waals surface area contributed by atoms with Crippen LogP contribution in [0.5, 0.6) is 0 Å². The first-order valence-corrected chi connectivity index (χ1v) is 24.3. The SMILES string of the molecule is CC1=CC2=C(CC1N1C3=C4B(C5=C1C1C(C=C5)C(C)(C)CCC1(C)C)c1oc5ccc(C)cc5c1N(c1ccc(C(C)(C)C)cc1)C4CC(C(C)(C)C)=C3)C(C)(C)CCC2(C)C. The molecule has 0 bridgehead atoms. The first kappa shape index (κ1) is 42.1. The fraction of sp³-hybridized carbons (Fsp3) is 0.552. The van der Waals surface area contributed by atoms with Crippen LogP contribution in [-0.4, -0.2) is 23.7 Å². The number of anilines is 2. The minimum Gasteiger partial charge on any atom is -0.468 e. The van der Waals surface area contributed by atoms with Crippen molar-refractivity contribution in [3.63, 3.8) is 0 Å². The number of nitrogens with zero attached hydrogens (tertiary/aromatic N) is 2. The molecule has 2 aliphatic heterocycles. The molecule has 4 unspecified atom stereocenters. The van der Waals surface area contributed by atoms with E-state index in [1.54, 1.807) is 22.4 Å². The molecule has 0 saturated heterocycles. The Balaban J connectivity index is 1.30. The lowest BCUT2D eigenvalue weighted by Crippen LogP contribution is -2.60. The van der Waals surface area contributed by atoms with Crippen LogP contribution in [0.2, 0.25) is 0 Å². The van der Waals surface area contributed by atoms with Gasteiger partial charge in [-0.2, -0.15) is 0 Å². The van der Waals surface area contributed by atoms with E-state index in [0.29, 0.717) is 11.8 Å². The van der Waals surface area contributed by atoms with Gasteiger partial charge >= 0.3 is 0 Å². The van der Waals surface area contributed by atoms with Gasteiger partial charge < -0.3 is 14.2 Å². The van der Waals surface area contributed by atoms with E-state index in [9.17, 15) is 0 Å². The highest BCUT2D eigenvalue weighted by atomic mass is 16.3. The van der Waals surface area contributed by atoms with E-state index in [0.717, 1.165) is 24.1 Å². The summed E-state index contributed by atoms with van der Waals surface area (Å²) < 4.78 is 7.40. The minimum absolute atomic E-state index is 0.00488. The fourth-order valence-electron chi connectivity index (χ4n) is 13.4. The summed E-state index contributed by atoms with van der Waals surface area (Å²) in [6, 6.07) is 16.8. The number of furan rings is 1. The summed E-state index contributed by atoms with van der Waals surface area (Å²) in [7, 11) is 0. The lowest BCUT2D eigenvalue weighted by molar-refractivity contribution is 0.0101. The number of aryl methyl sites for hydroxylation is 1. The molecular weight excluding hydrogens is 751 g/mol. The van der Waals surface area contributed by atoms with Gasteiger partial charge in [0.1, 0.15) is 5.58 Å². The minimum atomic E-state index is -0.00488. The summed E-state index contributed by atoms with van der Waals surface area (Å²) in [6.07, 6.45) is 17.7. The molecule has 10 rings (SSSR count). The van der Waals surface area contributed by atoms with Crippen molar-refractivity contribution in [2.45, 2.75) is 167 Å². The van der Waals surface area contributed by atoms with Crippen molar-refractivity contribution in [2.24, 2.45) is 38.9 Å². The van der Waals surface area contributed by atoms with Gasteiger partial charge in [0.2, 0.25) is 0 Å². The standard InChI is InChI=1S/C58H75BN2O/c1-34-17-24-47-39(29-34)50-52(62-47)59-43-23-22-40-48(58(15,16)28-27-55(40,9)10)51(43)61(44-33-42-41(30-35(44)2)56(11,12)25-26-57(42,13)14)46-32-37(54(6,7)8)31-45(49(46)59)60(50)38-20-18-36(19-21-38)53(3,4)5/h17-24,29-30,32,40,44-45,48H,25-28,31,33H2,1-16H3. The number of benzene rings is 2. The lowest BCUT2D eigenvalue weighted by Gasteiger charge is -2.60. The molecule has 4 atom stereocenters. The zero-order valence-corrected chi connectivity index (χ0v) is 41.3. The quantitative estimate of drug-likeness (QED) is 0.240. The third-order valence-electron chi connectivity index (χ3n) is 17.6. The van der Waals surface area contributed by atoms with E-state index in [1.807, 2.05) is 0 Å². The van der Waals surface area contributed by atoms with Gasteiger partial charge in [-0.3, -0.25) is 0 Å². The maximum atomic E-state index is 7.40. The maximum absolute atomic E-state index is 7.40. The summed E-state index contributed by atoms with van der Waals surface area (Å²) in [5.41, 5.74) is 20.5. The summed E-state index contributed by atoms with van der Waals surface area (Å²) in [5, 5.41) is 1.24. The van der Waals surface area contributed by atoms with E-state index in [1.165, 1.54) is 75.8 Å². The first-order valence-electron chi connectivity index (χ1n) is 24.3. The predicted molar refractivity (Wildman–Crippen MR) is 264 cm³/mol. The molecule has 5 aliphatic carbocycles. The normalized spacial score (nSPS) is 28.3. The topological polar surface area (TPSA) is 19.6 Å². The first-order chi connectivity index (χ1) is 28.8. The van der Waals surface area contributed by atoms with Crippen LogP contribution in [0.4, 0.5) is 11.4 Å². The molecule has 0 N–H and O–H groups in total. The zero-order valence-electron chi connectivity index (χ0n) is 41.3. The van der Waals surface area contributed by atoms with Gasteiger partial charge in [-0.15, -0.1) is 0 Å². The lowest BCUT2D eigenvalue weighted by atomic mass is 9.31. The molecule has 326 valence electrons.